The highest BCUT2D eigenvalue weighted by molar-refractivity contribution is 5.79. The maximum Gasteiger partial charge on any atom is 0.194 e. The number of likely N-dealkylation sites (N-methyl/N-ethyl adjacent to an activating group) is 1. The molecule has 1 aliphatic heterocycles. The largest absolute Gasteiger partial charge is 0.496 e. The third kappa shape index (κ3) is 5.88. The molecule has 1 N–H and O–H groups in total. The first-order valence-corrected chi connectivity index (χ1v) is 9.59. The second-order valence-electron chi connectivity index (χ2n) is 7.05. The maximum atomic E-state index is 5.47. The van der Waals surface area contributed by atoms with Gasteiger partial charge in [0, 0.05) is 57.9 Å². The normalized spacial score (nSPS) is 17.8. The van der Waals surface area contributed by atoms with E-state index in [1.165, 1.54) is 0 Å². The summed E-state index contributed by atoms with van der Waals surface area (Å²) in [5.41, 5.74) is 1.16. The molecule has 0 aromatic heterocycles. The Morgan fingerprint density at radius 1 is 1.27 bits per heavy atom. The number of guanidine groups is 1. The number of para-hydroxylation sites is 1. The van der Waals surface area contributed by atoms with E-state index in [4.69, 9.17) is 9.73 Å². The van der Waals surface area contributed by atoms with Crippen LogP contribution in [-0.2, 0) is 6.54 Å². The van der Waals surface area contributed by atoms with Gasteiger partial charge in [-0.25, -0.2) is 0 Å². The monoisotopic (exact) mass is 361 g/mol. The summed E-state index contributed by atoms with van der Waals surface area (Å²) < 4.78 is 5.47. The van der Waals surface area contributed by atoms with Gasteiger partial charge in [0.15, 0.2) is 5.96 Å². The van der Waals surface area contributed by atoms with E-state index < -0.39 is 0 Å². The van der Waals surface area contributed by atoms with E-state index in [-0.39, 0.29) is 0 Å². The van der Waals surface area contributed by atoms with Crippen molar-refractivity contribution in [1.29, 1.82) is 0 Å². The fourth-order valence-corrected chi connectivity index (χ4v) is 3.23. The number of piperazine rings is 1. The number of methoxy groups -OCH3 is 1. The first-order valence-electron chi connectivity index (χ1n) is 9.59. The fourth-order valence-electron chi connectivity index (χ4n) is 3.23. The van der Waals surface area contributed by atoms with Crippen LogP contribution in [0.25, 0.3) is 0 Å². The highest BCUT2D eigenvalue weighted by atomic mass is 16.5. The van der Waals surface area contributed by atoms with E-state index >= 15 is 0 Å². The summed E-state index contributed by atoms with van der Waals surface area (Å²) in [6, 6.07) is 8.61. The molecule has 1 saturated heterocycles. The summed E-state index contributed by atoms with van der Waals surface area (Å²) in [4.78, 5) is 12.0. The zero-order chi connectivity index (χ0) is 18.9. The molecule has 6 heteroatoms. The molecule has 0 bridgehead atoms. The van der Waals surface area contributed by atoms with Gasteiger partial charge in [-0.3, -0.25) is 9.89 Å². The van der Waals surface area contributed by atoms with Gasteiger partial charge in [0.05, 0.1) is 13.7 Å². The minimum atomic E-state index is 0.456. The molecule has 1 fully saturated rings. The summed E-state index contributed by atoms with van der Waals surface area (Å²) in [6.45, 7) is 11.3. The number of nitrogens with one attached hydrogen (secondary N) is 1. The Balaban J connectivity index is 1.98. The Morgan fingerprint density at radius 2 is 1.96 bits per heavy atom. The first kappa shape index (κ1) is 20.5. The van der Waals surface area contributed by atoms with Crippen LogP contribution in [0.3, 0.4) is 0 Å². The van der Waals surface area contributed by atoms with Crippen molar-refractivity contribution < 1.29 is 4.74 Å². The van der Waals surface area contributed by atoms with Gasteiger partial charge in [0.2, 0.25) is 0 Å². The highest BCUT2D eigenvalue weighted by Gasteiger charge is 2.19. The van der Waals surface area contributed by atoms with Crippen molar-refractivity contribution in [2.45, 2.75) is 26.4 Å². The Hall–Kier alpha value is -1.79. The van der Waals surface area contributed by atoms with Gasteiger partial charge < -0.3 is 19.9 Å². The Bertz CT molecular complexity index is 569. The van der Waals surface area contributed by atoms with Crippen LogP contribution in [0, 0.1) is 0 Å². The zero-order valence-corrected chi connectivity index (χ0v) is 17.0. The molecule has 146 valence electrons. The topological polar surface area (TPSA) is 43.3 Å². The van der Waals surface area contributed by atoms with Gasteiger partial charge in [0.25, 0.3) is 0 Å². The number of hydrogen-bond acceptors (Lipinski definition) is 4. The molecule has 6 nitrogen and oxygen atoms in total. The predicted molar refractivity (Wildman–Crippen MR) is 109 cm³/mol. The van der Waals surface area contributed by atoms with Crippen molar-refractivity contribution in [2.75, 3.05) is 60.5 Å². The lowest BCUT2D eigenvalue weighted by molar-refractivity contribution is 0.122. The molecule has 0 saturated carbocycles. The summed E-state index contributed by atoms with van der Waals surface area (Å²) in [5.74, 6) is 1.86. The first-order chi connectivity index (χ1) is 12.5. The molecule has 1 aliphatic rings. The number of ether oxygens (including phenoxy) is 1. The number of benzene rings is 1. The fraction of sp³-hybridized carbons (Fsp3) is 0.650. The van der Waals surface area contributed by atoms with Crippen molar-refractivity contribution in [3.8, 4) is 5.75 Å². The predicted octanol–water partition coefficient (Wildman–Crippen LogP) is 1.73. The van der Waals surface area contributed by atoms with Crippen molar-refractivity contribution in [3.63, 3.8) is 0 Å². The van der Waals surface area contributed by atoms with Crippen molar-refractivity contribution in [3.05, 3.63) is 29.8 Å². The smallest absolute Gasteiger partial charge is 0.194 e. The van der Waals surface area contributed by atoms with Crippen LogP contribution in [0.1, 0.15) is 19.4 Å². The minimum absolute atomic E-state index is 0.456. The lowest BCUT2D eigenvalue weighted by Gasteiger charge is -2.36. The summed E-state index contributed by atoms with van der Waals surface area (Å²) >= 11 is 0. The van der Waals surface area contributed by atoms with Crippen LogP contribution in [0.2, 0.25) is 0 Å². The molecule has 0 aliphatic carbocycles. The Labute approximate surface area is 158 Å². The minimum Gasteiger partial charge on any atom is -0.496 e. The highest BCUT2D eigenvalue weighted by Crippen LogP contribution is 2.18. The van der Waals surface area contributed by atoms with Crippen molar-refractivity contribution >= 4 is 5.96 Å². The van der Waals surface area contributed by atoms with Gasteiger partial charge in [-0.15, -0.1) is 0 Å². The molecular weight excluding hydrogens is 326 g/mol. The van der Waals surface area contributed by atoms with E-state index in [0.29, 0.717) is 6.04 Å². The second-order valence-corrected chi connectivity index (χ2v) is 7.05. The van der Waals surface area contributed by atoms with Crippen LogP contribution < -0.4 is 10.1 Å². The van der Waals surface area contributed by atoms with Gasteiger partial charge in [-0.2, -0.15) is 0 Å². The zero-order valence-electron chi connectivity index (χ0n) is 17.0. The number of aliphatic imine (C=N–C) groups is 1. The van der Waals surface area contributed by atoms with Crippen LogP contribution in [0.4, 0.5) is 0 Å². The number of nitrogens with zero attached hydrogens (tertiary/aromatic N) is 4. The standard InChI is InChI=1S/C20H35N5O/c1-6-21-20(22-15-17(2)25-13-11-23(3)12-14-25)24(4)16-18-9-7-8-10-19(18)26-5/h7-10,17H,6,11-16H2,1-5H3,(H,21,22). The average Bonchev–Trinajstić information content (AvgIpc) is 2.65. The molecule has 0 amide bonds. The quantitative estimate of drug-likeness (QED) is 0.592. The van der Waals surface area contributed by atoms with E-state index in [0.717, 1.165) is 63.1 Å². The van der Waals surface area contributed by atoms with Crippen LogP contribution in [0.5, 0.6) is 5.75 Å². The molecule has 1 aromatic rings. The third-order valence-electron chi connectivity index (χ3n) is 4.96. The molecule has 0 spiro atoms. The van der Waals surface area contributed by atoms with Gasteiger partial charge in [-0.1, -0.05) is 18.2 Å². The molecule has 1 atom stereocenters. The summed E-state index contributed by atoms with van der Waals surface area (Å²) in [6.07, 6.45) is 0. The number of rotatable bonds is 7. The van der Waals surface area contributed by atoms with Gasteiger partial charge in [-0.05, 0) is 27.0 Å². The van der Waals surface area contributed by atoms with Crippen LogP contribution in [-0.4, -0.2) is 87.2 Å². The molecular formula is C20H35N5O. The van der Waals surface area contributed by atoms with Gasteiger partial charge >= 0.3 is 0 Å². The lowest BCUT2D eigenvalue weighted by atomic mass is 10.2. The molecule has 26 heavy (non-hydrogen) atoms. The van der Waals surface area contributed by atoms with Crippen LogP contribution in [0.15, 0.2) is 29.3 Å². The molecule has 1 heterocycles. The number of hydrogen-bond donors (Lipinski definition) is 1. The molecule has 1 aromatic carbocycles. The van der Waals surface area contributed by atoms with E-state index in [1.54, 1.807) is 7.11 Å². The molecule has 2 rings (SSSR count). The SMILES string of the molecule is CCNC(=NCC(C)N1CCN(C)CC1)N(C)Cc1ccccc1OC. The van der Waals surface area contributed by atoms with E-state index in [2.05, 4.69) is 54.0 Å². The van der Waals surface area contributed by atoms with E-state index in [1.807, 2.05) is 18.2 Å². The Morgan fingerprint density at radius 3 is 2.62 bits per heavy atom. The second kappa shape index (κ2) is 10.4. The van der Waals surface area contributed by atoms with Gasteiger partial charge in [0.1, 0.15) is 5.75 Å². The summed E-state index contributed by atoms with van der Waals surface area (Å²) in [7, 11) is 5.99. The van der Waals surface area contributed by atoms with Crippen molar-refractivity contribution in [2.24, 2.45) is 4.99 Å². The van der Waals surface area contributed by atoms with Crippen molar-refractivity contribution in [1.82, 2.24) is 20.0 Å². The van der Waals surface area contributed by atoms with E-state index in [9.17, 15) is 0 Å². The third-order valence-corrected chi connectivity index (χ3v) is 4.96. The van der Waals surface area contributed by atoms with Crippen LogP contribution >= 0.6 is 0 Å². The molecule has 0 radical (unpaired) electrons. The average molecular weight is 362 g/mol. The summed E-state index contributed by atoms with van der Waals surface area (Å²) in [5, 5.41) is 3.41. The lowest BCUT2D eigenvalue weighted by Crippen LogP contribution is -2.49. The Kier molecular flexibility index (Phi) is 8.19. The molecule has 1 unspecified atom stereocenters. The maximum absolute atomic E-state index is 5.47.